The van der Waals surface area contributed by atoms with E-state index in [2.05, 4.69) is 81.8 Å². The van der Waals surface area contributed by atoms with Crippen LogP contribution in [0, 0.1) is 36.5 Å². The Morgan fingerprint density at radius 1 is 0.675 bits per heavy atom. The molecule has 2 aliphatic heterocycles. The van der Waals surface area contributed by atoms with E-state index in [9.17, 15) is 10.5 Å². The second kappa shape index (κ2) is 11.9. The summed E-state index contributed by atoms with van der Waals surface area (Å²) in [4.78, 5) is 8.76. The molecule has 6 nitrogen and oxygen atoms in total. The highest BCUT2D eigenvalue weighted by Crippen LogP contribution is 2.54. The molecule has 0 aromatic heterocycles. The first-order valence-electron chi connectivity index (χ1n) is 14.1. The summed E-state index contributed by atoms with van der Waals surface area (Å²) >= 11 is 0. The van der Waals surface area contributed by atoms with E-state index < -0.39 is 10.2 Å². The molecule has 3 aromatic rings. The van der Waals surface area contributed by atoms with Gasteiger partial charge in [-0.15, -0.1) is 0 Å². The van der Waals surface area contributed by atoms with E-state index >= 15 is 0 Å². The van der Waals surface area contributed by atoms with Crippen LogP contribution >= 0.6 is 10.2 Å². The third-order valence-corrected chi connectivity index (χ3v) is 11.7. The molecular formula is C33H40N6S. The maximum absolute atomic E-state index is 9.56. The number of rotatable bonds is 6. The molecule has 2 heterocycles. The average molecular weight is 553 g/mol. The third kappa shape index (κ3) is 5.69. The Bertz CT molecular complexity index is 1440. The van der Waals surface area contributed by atoms with Gasteiger partial charge >= 0.3 is 0 Å². The molecule has 2 aliphatic rings. The molecule has 2 fully saturated rings. The van der Waals surface area contributed by atoms with E-state index in [1.54, 1.807) is 0 Å². The number of benzene rings is 3. The van der Waals surface area contributed by atoms with Crippen molar-refractivity contribution in [3.63, 3.8) is 0 Å². The maximum atomic E-state index is 9.56. The molecule has 0 radical (unpaired) electrons. The molecule has 5 rings (SSSR count). The molecule has 0 saturated carbocycles. The Morgan fingerprint density at radius 3 is 1.70 bits per heavy atom. The van der Waals surface area contributed by atoms with Crippen molar-refractivity contribution in [2.45, 2.75) is 25.3 Å². The van der Waals surface area contributed by atoms with Gasteiger partial charge in [0, 0.05) is 63.8 Å². The van der Waals surface area contributed by atoms with Crippen LogP contribution in [-0.4, -0.2) is 74.1 Å². The fourth-order valence-corrected chi connectivity index (χ4v) is 8.82. The van der Waals surface area contributed by atoms with E-state index in [1.807, 2.05) is 36.4 Å². The van der Waals surface area contributed by atoms with Crippen LogP contribution in [0.2, 0.25) is 0 Å². The molecule has 0 N–H and O–H groups in total. The smallest absolute Gasteiger partial charge is 0.101 e. The van der Waals surface area contributed by atoms with Crippen LogP contribution in [0.15, 0.2) is 65.6 Å². The number of anilines is 2. The van der Waals surface area contributed by atoms with Gasteiger partial charge in [0.2, 0.25) is 0 Å². The summed E-state index contributed by atoms with van der Waals surface area (Å²) in [6.07, 6.45) is 4.89. The number of aryl methyl sites for hydroxylation is 2. The molecule has 0 bridgehead atoms. The lowest BCUT2D eigenvalue weighted by molar-refractivity contribution is 0.249. The van der Waals surface area contributed by atoms with Crippen molar-refractivity contribution in [2.24, 2.45) is 0 Å². The fourth-order valence-electron chi connectivity index (χ4n) is 6.18. The highest BCUT2D eigenvalue weighted by Gasteiger charge is 2.30. The van der Waals surface area contributed by atoms with Gasteiger partial charge in [-0.3, -0.25) is 9.21 Å². The quantitative estimate of drug-likeness (QED) is 0.401. The molecular weight excluding hydrogens is 512 g/mol. The van der Waals surface area contributed by atoms with Crippen molar-refractivity contribution in [1.29, 1.82) is 10.5 Å². The van der Waals surface area contributed by atoms with E-state index in [0.717, 1.165) is 81.4 Å². The predicted molar refractivity (Wildman–Crippen MR) is 167 cm³/mol. The standard InChI is InChI=1S/C33H40N6S/c1-26-21-27(2)33(40(3,4)39-19-17-38(18-20-39)32-12-8-6-10-29(32)24-35)22-30(26)25-36-13-15-37(16-14-36)31-11-7-5-9-28(31)23-34/h5-12,21-22H,13-20,25H2,1-4H3. The second-order valence-electron chi connectivity index (χ2n) is 11.3. The first-order valence-corrected chi connectivity index (χ1v) is 16.5. The number of nitrogens with zero attached hydrogens (tertiary/aromatic N) is 6. The van der Waals surface area contributed by atoms with E-state index in [-0.39, 0.29) is 0 Å². The minimum absolute atomic E-state index is 0.760. The molecule has 40 heavy (non-hydrogen) atoms. The lowest BCUT2D eigenvalue weighted by Crippen LogP contribution is -2.47. The summed E-state index contributed by atoms with van der Waals surface area (Å²) in [5.74, 6) is 0. The summed E-state index contributed by atoms with van der Waals surface area (Å²) < 4.78 is 2.69. The lowest BCUT2D eigenvalue weighted by Gasteiger charge is -2.49. The predicted octanol–water partition coefficient (Wildman–Crippen LogP) is 5.53. The van der Waals surface area contributed by atoms with Gasteiger partial charge in [0.05, 0.1) is 22.5 Å². The molecule has 0 unspecified atom stereocenters. The van der Waals surface area contributed by atoms with Crippen LogP contribution in [0.3, 0.4) is 0 Å². The average Bonchev–Trinajstić information content (AvgIpc) is 2.98. The Balaban J connectivity index is 1.26. The van der Waals surface area contributed by atoms with E-state index in [0.29, 0.717) is 0 Å². The van der Waals surface area contributed by atoms with Crippen LogP contribution in [0.25, 0.3) is 0 Å². The Hall–Kier alpha value is -3.49. The largest absolute Gasteiger partial charge is 0.368 e. The SMILES string of the molecule is Cc1cc(C)c(S(C)(C)N2CCN(c3ccccc3C#N)CC2)cc1CN1CCN(c2ccccc2C#N)CC1. The first-order chi connectivity index (χ1) is 19.3. The Morgan fingerprint density at radius 2 is 1.18 bits per heavy atom. The number of hydrogen-bond donors (Lipinski definition) is 0. The van der Waals surface area contributed by atoms with Gasteiger partial charge in [-0.2, -0.15) is 20.7 Å². The van der Waals surface area contributed by atoms with Crippen molar-refractivity contribution in [3.05, 3.63) is 88.5 Å². The van der Waals surface area contributed by atoms with Gasteiger partial charge in [0.15, 0.2) is 0 Å². The molecule has 0 aliphatic carbocycles. The number of para-hydroxylation sites is 2. The number of piperazine rings is 2. The van der Waals surface area contributed by atoms with E-state index in [4.69, 9.17) is 0 Å². The lowest BCUT2D eigenvalue weighted by atomic mass is 10.0. The van der Waals surface area contributed by atoms with Gasteiger partial charge in [-0.05, 0) is 73.4 Å². The minimum Gasteiger partial charge on any atom is -0.368 e. The van der Waals surface area contributed by atoms with Crippen molar-refractivity contribution < 1.29 is 0 Å². The highest BCUT2D eigenvalue weighted by atomic mass is 32.3. The number of hydrogen-bond acceptors (Lipinski definition) is 6. The van der Waals surface area contributed by atoms with Crippen LogP contribution in [0.4, 0.5) is 11.4 Å². The summed E-state index contributed by atoms with van der Waals surface area (Å²) in [5, 5.41) is 19.1. The summed E-state index contributed by atoms with van der Waals surface area (Å²) in [5.41, 5.74) is 7.81. The summed E-state index contributed by atoms with van der Waals surface area (Å²) in [6, 6.07) is 25.5. The second-order valence-corrected chi connectivity index (χ2v) is 14.8. The van der Waals surface area contributed by atoms with Gasteiger partial charge < -0.3 is 9.80 Å². The zero-order chi connectivity index (χ0) is 28.3. The summed E-state index contributed by atoms with van der Waals surface area (Å²) in [7, 11) is -1.16. The van der Waals surface area contributed by atoms with Crippen LogP contribution in [0.1, 0.15) is 27.8 Å². The van der Waals surface area contributed by atoms with Crippen molar-refractivity contribution in [2.75, 3.05) is 74.7 Å². The minimum atomic E-state index is -1.16. The maximum Gasteiger partial charge on any atom is 0.101 e. The van der Waals surface area contributed by atoms with Crippen molar-refractivity contribution in [1.82, 2.24) is 9.21 Å². The zero-order valence-electron chi connectivity index (χ0n) is 24.2. The van der Waals surface area contributed by atoms with Gasteiger partial charge in [-0.25, -0.2) is 0 Å². The monoisotopic (exact) mass is 552 g/mol. The first kappa shape index (κ1) is 28.1. The van der Waals surface area contributed by atoms with Gasteiger partial charge in [0.1, 0.15) is 12.1 Å². The molecule has 7 heteroatoms. The van der Waals surface area contributed by atoms with Crippen molar-refractivity contribution >= 4 is 21.6 Å². The van der Waals surface area contributed by atoms with Crippen LogP contribution < -0.4 is 9.80 Å². The Labute approximate surface area is 241 Å². The van der Waals surface area contributed by atoms with Gasteiger partial charge in [-0.1, -0.05) is 30.3 Å². The molecule has 0 amide bonds. The normalized spacial score (nSPS) is 17.4. The molecule has 208 valence electrons. The van der Waals surface area contributed by atoms with Crippen LogP contribution in [0.5, 0.6) is 0 Å². The topological polar surface area (TPSA) is 60.5 Å². The molecule has 3 aromatic carbocycles. The number of nitriles is 2. The van der Waals surface area contributed by atoms with Gasteiger partial charge in [0.25, 0.3) is 0 Å². The van der Waals surface area contributed by atoms with Crippen molar-refractivity contribution in [3.8, 4) is 12.1 Å². The summed E-state index contributed by atoms with van der Waals surface area (Å²) in [6.45, 7) is 13.2. The third-order valence-electron chi connectivity index (χ3n) is 8.55. The van der Waals surface area contributed by atoms with E-state index in [1.165, 1.54) is 21.6 Å². The highest BCUT2D eigenvalue weighted by molar-refractivity contribution is 8.30. The fraction of sp³-hybridized carbons (Fsp3) is 0.394. The Kier molecular flexibility index (Phi) is 8.38. The zero-order valence-corrected chi connectivity index (χ0v) is 25.0. The molecule has 0 spiro atoms. The van der Waals surface area contributed by atoms with Crippen LogP contribution in [-0.2, 0) is 6.54 Å². The molecule has 0 atom stereocenters. The molecule has 2 saturated heterocycles.